The van der Waals surface area contributed by atoms with Gasteiger partial charge in [0.25, 0.3) is 0 Å². The molecule has 3 heterocycles. The topological polar surface area (TPSA) is 89.1 Å². The van der Waals surface area contributed by atoms with Gasteiger partial charge >= 0.3 is 6.01 Å². The van der Waals surface area contributed by atoms with Crippen LogP contribution in [0, 0.1) is 5.41 Å². The number of nitrogens with one attached hydrogen (secondary N) is 1. The lowest BCUT2D eigenvalue weighted by Crippen LogP contribution is -2.45. The molecule has 6 rings (SSSR count). The Morgan fingerprint density at radius 3 is 2.69 bits per heavy atom. The van der Waals surface area contributed by atoms with Crippen molar-refractivity contribution in [2.45, 2.75) is 57.4 Å². The number of carbonyl (C=O) groups excluding carboxylic acids is 1. The maximum atomic E-state index is 12.9. The zero-order chi connectivity index (χ0) is 21.7. The number of benzene rings is 1. The van der Waals surface area contributed by atoms with E-state index in [-0.39, 0.29) is 11.9 Å². The quantitative estimate of drug-likeness (QED) is 0.633. The van der Waals surface area contributed by atoms with Gasteiger partial charge in [-0.25, -0.2) is 4.68 Å². The first-order chi connectivity index (χ1) is 15.6. The summed E-state index contributed by atoms with van der Waals surface area (Å²) in [6.07, 6.45) is 11.1. The van der Waals surface area contributed by atoms with E-state index >= 15 is 0 Å². The standard InChI is InChI=1S/C24H28N6O2/c1-16(22(31)29-13-9-24(7-8-24)10-14-29)26-23-28-27-21(32-23)18-5-6-19(17-3-4-17)20(15-18)30-12-2-11-25-30/h2,5-6,11-12,15-17H,3-4,7-10,13-14H2,1H3,(H,26,28)/t16-/m0/s1. The first-order valence-electron chi connectivity index (χ1n) is 11.6. The van der Waals surface area contributed by atoms with Gasteiger partial charge in [0.2, 0.25) is 11.8 Å². The molecule has 0 unspecified atom stereocenters. The van der Waals surface area contributed by atoms with E-state index in [9.17, 15) is 4.79 Å². The van der Waals surface area contributed by atoms with Gasteiger partial charge < -0.3 is 14.6 Å². The Morgan fingerprint density at radius 1 is 1.19 bits per heavy atom. The van der Waals surface area contributed by atoms with Crippen LogP contribution in [0.25, 0.3) is 17.1 Å². The minimum absolute atomic E-state index is 0.0926. The summed E-state index contributed by atoms with van der Waals surface area (Å²) in [4.78, 5) is 14.8. The highest BCUT2D eigenvalue weighted by molar-refractivity contribution is 5.83. The van der Waals surface area contributed by atoms with Gasteiger partial charge in [0, 0.05) is 31.0 Å². The second kappa shape index (κ2) is 7.46. The Labute approximate surface area is 187 Å². The Bertz CT molecular complexity index is 1120. The highest BCUT2D eigenvalue weighted by Gasteiger charge is 2.45. The SMILES string of the molecule is C[C@H](Nc1nnc(-c2ccc(C3CC3)c(-n3cccn3)c2)o1)C(=O)N1CCC2(CC1)CC2. The summed E-state index contributed by atoms with van der Waals surface area (Å²) in [6.45, 7) is 3.56. The van der Waals surface area contributed by atoms with Crippen LogP contribution in [0.15, 0.2) is 41.1 Å². The van der Waals surface area contributed by atoms with Gasteiger partial charge in [-0.05, 0) is 80.5 Å². The van der Waals surface area contributed by atoms with E-state index in [0.29, 0.717) is 17.2 Å². The van der Waals surface area contributed by atoms with Crippen LogP contribution in [0.5, 0.6) is 0 Å². The number of nitrogens with zero attached hydrogens (tertiary/aromatic N) is 5. The van der Waals surface area contributed by atoms with Crippen LogP contribution in [0.3, 0.4) is 0 Å². The molecule has 2 aromatic heterocycles. The van der Waals surface area contributed by atoms with Crippen LogP contribution >= 0.6 is 0 Å². The maximum Gasteiger partial charge on any atom is 0.316 e. The van der Waals surface area contributed by atoms with E-state index < -0.39 is 6.04 Å². The summed E-state index contributed by atoms with van der Waals surface area (Å²) < 4.78 is 7.76. The van der Waals surface area contributed by atoms with E-state index in [1.807, 2.05) is 40.9 Å². The van der Waals surface area contributed by atoms with Gasteiger partial charge in [0.05, 0.1) is 5.69 Å². The van der Waals surface area contributed by atoms with Crippen molar-refractivity contribution in [3.8, 4) is 17.1 Å². The van der Waals surface area contributed by atoms with Gasteiger partial charge in [-0.15, -0.1) is 5.10 Å². The number of carbonyl (C=O) groups is 1. The predicted octanol–water partition coefficient (Wildman–Crippen LogP) is 4.00. The molecular weight excluding hydrogens is 404 g/mol. The number of piperidine rings is 1. The zero-order valence-corrected chi connectivity index (χ0v) is 18.3. The largest absolute Gasteiger partial charge is 0.403 e. The normalized spacial score (nSPS) is 20.3. The van der Waals surface area contributed by atoms with Crippen LogP contribution in [-0.2, 0) is 4.79 Å². The van der Waals surface area contributed by atoms with Gasteiger partial charge in [-0.2, -0.15) is 5.10 Å². The van der Waals surface area contributed by atoms with E-state index in [0.717, 1.165) is 37.2 Å². The Kier molecular flexibility index (Phi) is 4.55. The number of rotatable bonds is 6. The lowest BCUT2D eigenvalue weighted by Gasteiger charge is -2.33. The molecule has 0 radical (unpaired) electrons. The molecule has 1 N–H and O–H groups in total. The third kappa shape index (κ3) is 3.67. The average molecular weight is 433 g/mol. The number of hydrogen-bond donors (Lipinski definition) is 1. The second-order valence-electron chi connectivity index (χ2n) is 9.60. The zero-order valence-electron chi connectivity index (χ0n) is 18.3. The second-order valence-corrected chi connectivity index (χ2v) is 9.60. The predicted molar refractivity (Wildman–Crippen MR) is 119 cm³/mol. The van der Waals surface area contributed by atoms with Gasteiger partial charge in [0.1, 0.15) is 6.04 Å². The number of anilines is 1. The maximum absolute atomic E-state index is 12.9. The molecule has 0 bridgehead atoms. The van der Waals surface area contributed by atoms with Gasteiger partial charge in [-0.1, -0.05) is 11.2 Å². The summed E-state index contributed by atoms with van der Waals surface area (Å²) in [6, 6.07) is 7.98. The van der Waals surface area contributed by atoms with E-state index in [1.54, 1.807) is 6.20 Å². The summed E-state index contributed by atoms with van der Waals surface area (Å²) in [5, 5.41) is 15.9. The number of aromatic nitrogens is 4. The molecular formula is C24H28N6O2. The first kappa shape index (κ1) is 19.5. The molecule has 166 valence electrons. The van der Waals surface area contributed by atoms with Crippen molar-refractivity contribution in [3.63, 3.8) is 0 Å². The van der Waals surface area contributed by atoms with Crippen molar-refractivity contribution in [2.24, 2.45) is 5.41 Å². The molecule has 1 aliphatic heterocycles. The molecule has 3 aromatic rings. The van der Waals surface area contributed by atoms with Crippen LogP contribution in [0.4, 0.5) is 6.01 Å². The smallest absolute Gasteiger partial charge is 0.316 e. The molecule has 8 nitrogen and oxygen atoms in total. The summed E-state index contributed by atoms with van der Waals surface area (Å²) in [7, 11) is 0. The summed E-state index contributed by atoms with van der Waals surface area (Å²) in [5.41, 5.74) is 3.73. The molecule has 2 saturated carbocycles. The highest BCUT2D eigenvalue weighted by atomic mass is 16.4. The molecule has 3 aliphatic rings. The number of likely N-dealkylation sites (tertiary alicyclic amines) is 1. The summed E-state index contributed by atoms with van der Waals surface area (Å²) in [5.74, 6) is 1.12. The molecule has 32 heavy (non-hydrogen) atoms. The molecule has 1 spiro atoms. The lowest BCUT2D eigenvalue weighted by atomic mass is 9.93. The molecule has 2 aliphatic carbocycles. The molecule has 1 atom stereocenters. The van der Waals surface area contributed by atoms with Crippen molar-refractivity contribution in [1.82, 2.24) is 24.9 Å². The van der Waals surface area contributed by atoms with Crippen LogP contribution in [-0.4, -0.2) is 49.9 Å². The third-order valence-corrected chi connectivity index (χ3v) is 7.27. The van der Waals surface area contributed by atoms with Gasteiger partial charge in [0.15, 0.2) is 0 Å². The molecule has 8 heteroatoms. The third-order valence-electron chi connectivity index (χ3n) is 7.27. The molecule has 1 aromatic carbocycles. The van der Waals surface area contributed by atoms with Crippen molar-refractivity contribution in [2.75, 3.05) is 18.4 Å². The Balaban J connectivity index is 1.16. The number of amides is 1. The molecule has 3 fully saturated rings. The monoisotopic (exact) mass is 432 g/mol. The minimum Gasteiger partial charge on any atom is -0.403 e. The van der Waals surface area contributed by atoms with E-state index in [1.165, 1.54) is 31.2 Å². The van der Waals surface area contributed by atoms with E-state index in [4.69, 9.17) is 4.42 Å². The average Bonchev–Trinajstić information content (AvgIpc) is 3.68. The lowest BCUT2D eigenvalue weighted by molar-refractivity contribution is -0.133. The molecule has 1 amide bonds. The Morgan fingerprint density at radius 2 is 2.00 bits per heavy atom. The first-order valence-corrected chi connectivity index (χ1v) is 11.6. The van der Waals surface area contributed by atoms with Crippen molar-refractivity contribution in [1.29, 1.82) is 0 Å². The van der Waals surface area contributed by atoms with Crippen molar-refractivity contribution >= 4 is 11.9 Å². The van der Waals surface area contributed by atoms with Gasteiger partial charge in [-0.3, -0.25) is 4.79 Å². The highest BCUT2D eigenvalue weighted by Crippen LogP contribution is 2.53. The fourth-order valence-electron chi connectivity index (χ4n) is 4.82. The van der Waals surface area contributed by atoms with E-state index in [2.05, 4.69) is 26.7 Å². The summed E-state index contributed by atoms with van der Waals surface area (Å²) >= 11 is 0. The minimum atomic E-state index is -0.409. The van der Waals surface area contributed by atoms with Crippen molar-refractivity contribution < 1.29 is 9.21 Å². The van der Waals surface area contributed by atoms with Crippen LogP contribution in [0.2, 0.25) is 0 Å². The fourth-order valence-corrected chi connectivity index (χ4v) is 4.82. The van der Waals surface area contributed by atoms with Crippen LogP contribution < -0.4 is 5.32 Å². The molecule has 1 saturated heterocycles. The number of hydrogen-bond acceptors (Lipinski definition) is 6. The Hall–Kier alpha value is -3.16. The van der Waals surface area contributed by atoms with Crippen LogP contribution in [0.1, 0.15) is 56.9 Å². The fraction of sp³-hybridized carbons (Fsp3) is 0.500. The van der Waals surface area contributed by atoms with Crippen molar-refractivity contribution in [3.05, 3.63) is 42.2 Å².